The van der Waals surface area contributed by atoms with Crippen molar-refractivity contribution in [1.29, 1.82) is 0 Å². The minimum atomic E-state index is -4.65. The zero-order valence-corrected chi connectivity index (χ0v) is 14.9. The molecule has 0 radical (unpaired) electrons. The fourth-order valence-electron chi connectivity index (χ4n) is 1.83. The Morgan fingerprint density at radius 1 is 1.21 bits per heavy atom. The molecule has 2 aromatic carbocycles. The first-order valence-electron chi connectivity index (χ1n) is 6.38. The van der Waals surface area contributed by atoms with Gasteiger partial charge < -0.3 is 5.11 Å². The molecule has 0 saturated carbocycles. The van der Waals surface area contributed by atoms with Crippen LogP contribution in [0.15, 0.2) is 50.4 Å². The van der Waals surface area contributed by atoms with Gasteiger partial charge >= 0.3 is 6.18 Å². The number of carbonyl (C=O) groups excluding carboxylic acids is 1. The highest BCUT2D eigenvalue weighted by Crippen LogP contribution is 2.32. The van der Waals surface area contributed by atoms with Crippen LogP contribution in [0.25, 0.3) is 0 Å². The first-order chi connectivity index (χ1) is 11.2. The van der Waals surface area contributed by atoms with Crippen molar-refractivity contribution in [3.05, 3.63) is 62.0 Å². The summed E-state index contributed by atoms with van der Waals surface area (Å²) in [5, 5.41) is 13.4. The summed E-state index contributed by atoms with van der Waals surface area (Å²) in [6.07, 6.45) is -3.52. The van der Waals surface area contributed by atoms with Crippen LogP contribution in [0.5, 0.6) is 5.75 Å². The van der Waals surface area contributed by atoms with Gasteiger partial charge in [0, 0.05) is 10.0 Å². The number of hydrazone groups is 1. The van der Waals surface area contributed by atoms with Gasteiger partial charge in [0.2, 0.25) is 0 Å². The fourth-order valence-corrected chi connectivity index (χ4v) is 3.09. The highest BCUT2D eigenvalue weighted by atomic mass is 79.9. The van der Waals surface area contributed by atoms with Crippen LogP contribution >= 0.6 is 31.9 Å². The monoisotopic (exact) mass is 464 g/mol. The van der Waals surface area contributed by atoms with Crippen LogP contribution in [0.4, 0.5) is 13.2 Å². The van der Waals surface area contributed by atoms with Crippen molar-refractivity contribution >= 4 is 44.0 Å². The Hall–Kier alpha value is -1.87. The number of phenols is 1. The molecule has 1 amide bonds. The Labute approximate surface area is 151 Å². The zero-order valence-electron chi connectivity index (χ0n) is 11.7. The fraction of sp³-hybridized carbons (Fsp3) is 0.0667. The number of halogens is 5. The average Bonchev–Trinajstić information content (AvgIpc) is 2.51. The quantitative estimate of drug-likeness (QED) is 0.509. The maximum Gasteiger partial charge on any atom is 0.417 e. The van der Waals surface area contributed by atoms with E-state index in [1.807, 2.05) is 5.43 Å². The van der Waals surface area contributed by atoms with Gasteiger partial charge in [0.25, 0.3) is 5.91 Å². The number of phenolic OH excluding ortho intramolecular Hbond substituents is 1. The average molecular weight is 466 g/mol. The molecule has 2 aromatic rings. The molecule has 0 spiro atoms. The second kappa shape index (κ2) is 7.35. The molecule has 0 aliphatic carbocycles. The van der Waals surface area contributed by atoms with E-state index in [0.29, 0.717) is 8.95 Å². The second-order valence-electron chi connectivity index (χ2n) is 4.57. The molecule has 0 heterocycles. The normalized spacial score (nSPS) is 11.7. The van der Waals surface area contributed by atoms with Crippen LogP contribution in [0.3, 0.4) is 0 Å². The highest BCUT2D eigenvalue weighted by Gasteiger charge is 2.34. The third kappa shape index (κ3) is 4.35. The Morgan fingerprint density at radius 2 is 1.88 bits per heavy atom. The van der Waals surface area contributed by atoms with E-state index in [4.69, 9.17) is 0 Å². The van der Waals surface area contributed by atoms with Crippen molar-refractivity contribution in [2.75, 3.05) is 0 Å². The predicted octanol–water partition coefficient (Wildman–Crippen LogP) is 4.70. The van der Waals surface area contributed by atoms with E-state index in [-0.39, 0.29) is 11.3 Å². The number of amides is 1. The Morgan fingerprint density at radius 3 is 2.54 bits per heavy atom. The maximum atomic E-state index is 12.9. The molecule has 9 heteroatoms. The van der Waals surface area contributed by atoms with Crippen molar-refractivity contribution < 1.29 is 23.1 Å². The van der Waals surface area contributed by atoms with Gasteiger partial charge in [0.15, 0.2) is 0 Å². The Balaban J connectivity index is 2.21. The van der Waals surface area contributed by atoms with Crippen molar-refractivity contribution in [2.45, 2.75) is 6.18 Å². The number of nitrogens with one attached hydrogen (secondary N) is 1. The first-order valence-corrected chi connectivity index (χ1v) is 7.96. The van der Waals surface area contributed by atoms with Crippen LogP contribution in [-0.4, -0.2) is 17.2 Å². The maximum absolute atomic E-state index is 12.9. The number of carbonyl (C=O) groups is 1. The number of rotatable bonds is 3. The molecule has 4 nitrogen and oxygen atoms in total. The van der Waals surface area contributed by atoms with Crippen LogP contribution in [0.1, 0.15) is 21.5 Å². The minimum Gasteiger partial charge on any atom is -0.506 e. The van der Waals surface area contributed by atoms with E-state index in [9.17, 15) is 23.1 Å². The molecule has 0 aromatic heterocycles. The van der Waals surface area contributed by atoms with Gasteiger partial charge in [-0.2, -0.15) is 18.3 Å². The lowest BCUT2D eigenvalue weighted by Crippen LogP contribution is -2.22. The predicted molar refractivity (Wildman–Crippen MR) is 90.0 cm³/mol. The van der Waals surface area contributed by atoms with E-state index in [1.165, 1.54) is 18.2 Å². The summed E-state index contributed by atoms with van der Waals surface area (Å²) in [5.74, 6) is -1.13. The zero-order chi connectivity index (χ0) is 17.9. The minimum absolute atomic E-state index is 0.119. The summed E-state index contributed by atoms with van der Waals surface area (Å²) >= 11 is 6.35. The van der Waals surface area contributed by atoms with Gasteiger partial charge in [-0.3, -0.25) is 4.79 Å². The number of nitrogens with zero attached hydrogens (tertiary/aromatic N) is 1. The Bertz CT molecular complexity index is 808. The lowest BCUT2D eigenvalue weighted by Gasteiger charge is -2.11. The smallest absolute Gasteiger partial charge is 0.417 e. The summed E-state index contributed by atoms with van der Waals surface area (Å²) in [6, 6.07) is 7.52. The van der Waals surface area contributed by atoms with Gasteiger partial charge in [0.05, 0.1) is 21.8 Å². The van der Waals surface area contributed by atoms with Crippen LogP contribution in [-0.2, 0) is 6.18 Å². The summed E-state index contributed by atoms with van der Waals surface area (Å²) < 4.78 is 39.7. The molecule has 0 bridgehead atoms. The van der Waals surface area contributed by atoms with Gasteiger partial charge in [-0.05, 0) is 40.2 Å². The second-order valence-corrected chi connectivity index (χ2v) is 6.34. The molecular weight excluding hydrogens is 457 g/mol. The number of hydrogen-bond donors (Lipinski definition) is 2. The molecule has 0 unspecified atom stereocenters. The largest absolute Gasteiger partial charge is 0.506 e. The first kappa shape index (κ1) is 18.5. The lowest BCUT2D eigenvalue weighted by molar-refractivity contribution is -0.137. The van der Waals surface area contributed by atoms with E-state index >= 15 is 0 Å². The Kier molecular flexibility index (Phi) is 5.66. The molecule has 0 aliphatic rings. The van der Waals surface area contributed by atoms with Crippen molar-refractivity contribution in [2.24, 2.45) is 5.10 Å². The van der Waals surface area contributed by atoms with Gasteiger partial charge in [-0.1, -0.05) is 28.1 Å². The molecule has 0 fully saturated rings. The van der Waals surface area contributed by atoms with Crippen molar-refractivity contribution in [3.63, 3.8) is 0 Å². The van der Waals surface area contributed by atoms with E-state index in [1.54, 1.807) is 6.07 Å². The number of benzene rings is 2. The van der Waals surface area contributed by atoms with Crippen molar-refractivity contribution in [3.8, 4) is 5.75 Å². The summed E-state index contributed by atoms with van der Waals surface area (Å²) in [5.41, 5.74) is 0.689. The van der Waals surface area contributed by atoms with Crippen LogP contribution < -0.4 is 5.43 Å². The van der Waals surface area contributed by atoms with E-state index < -0.39 is 23.2 Å². The number of hydrogen-bond acceptors (Lipinski definition) is 3. The standard InChI is InChI=1S/C15H9Br2F3N2O2/c16-9-5-8(13(23)12(17)6-9)7-21-22-14(24)10-3-1-2-4-11(10)15(18,19)20/h1-7,23H,(H,22,24)/b21-7+. The molecule has 0 atom stereocenters. The third-order valence-corrected chi connectivity index (χ3v) is 3.97. The summed E-state index contributed by atoms with van der Waals surface area (Å²) in [4.78, 5) is 11.9. The topological polar surface area (TPSA) is 61.7 Å². The van der Waals surface area contributed by atoms with Crippen LogP contribution in [0, 0.1) is 0 Å². The molecule has 0 aliphatic heterocycles. The third-order valence-electron chi connectivity index (χ3n) is 2.90. The molecular formula is C15H9Br2F3N2O2. The van der Waals surface area contributed by atoms with Gasteiger partial charge in [-0.25, -0.2) is 5.43 Å². The molecule has 2 N–H and O–H groups in total. The number of alkyl halides is 3. The molecule has 24 heavy (non-hydrogen) atoms. The number of aromatic hydroxyl groups is 1. The van der Waals surface area contributed by atoms with Crippen molar-refractivity contribution in [1.82, 2.24) is 5.43 Å². The lowest BCUT2D eigenvalue weighted by atomic mass is 10.1. The molecule has 0 saturated heterocycles. The summed E-state index contributed by atoms with van der Waals surface area (Å²) in [7, 11) is 0. The SMILES string of the molecule is O=C(N/N=C/c1cc(Br)cc(Br)c1O)c1ccccc1C(F)(F)F. The van der Waals surface area contributed by atoms with Gasteiger partial charge in [-0.15, -0.1) is 0 Å². The highest BCUT2D eigenvalue weighted by molar-refractivity contribution is 9.11. The molecule has 2 rings (SSSR count). The van der Waals surface area contributed by atoms with Gasteiger partial charge in [0.1, 0.15) is 5.75 Å². The van der Waals surface area contributed by atoms with E-state index in [2.05, 4.69) is 37.0 Å². The van der Waals surface area contributed by atoms with Crippen LogP contribution in [0.2, 0.25) is 0 Å². The molecule has 126 valence electrons. The summed E-state index contributed by atoms with van der Waals surface area (Å²) in [6.45, 7) is 0. The van der Waals surface area contributed by atoms with E-state index in [0.717, 1.165) is 18.3 Å².